The summed E-state index contributed by atoms with van der Waals surface area (Å²) in [5.74, 6) is 1.56. The lowest BCUT2D eigenvalue weighted by molar-refractivity contribution is 0.213. The molecular formula is C14H20O3. The third-order valence-corrected chi connectivity index (χ3v) is 2.74. The van der Waals surface area contributed by atoms with Gasteiger partial charge in [-0.05, 0) is 37.0 Å². The van der Waals surface area contributed by atoms with Gasteiger partial charge in [-0.2, -0.15) is 0 Å². The van der Waals surface area contributed by atoms with Gasteiger partial charge in [-0.25, -0.2) is 0 Å². The van der Waals surface area contributed by atoms with Crippen LogP contribution in [0.15, 0.2) is 48.2 Å². The van der Waals surface area contributed by atoms with Gasteiger partial charge >= 0.3 is 0 Å². The number of hydrogen-bond acceptors (Lipinski definition) is 3. The van der Waals surface area contributed by atoms with E-state index < -0.39 is 0 Å². The molecule has 0 aliphatic heterocycles. The van der Waals surface area contributed by atoms with Gasteiger partial charge in [0.15, 0.2) is 0 Å². The third-order valence-electron chi connectivity index (χ3n) is 2.74. The zero-order chi connectivity index (χ0) is 12.7. The van der Waals surface area contributed by atoms with Crippen LogP contribution in [0, 0.1) is 5.92 Å². The molecular weight excluding hydrogens is 216 g/mol. The van der Waals surface area contributed by atoms with Crippen LogP contribution in [0.2, 0.25) is 0 Å². The molecule has 3 nitrogen and oxygen atoms in total. The number of rotatable bonds is 6. The maximum atomic E-state index is 9.66. The summed E-state index contributed by atoms with van der Waals surface area (Å²) in [4.78, 5) is 0. The zero-order valence-electron chi connectivity index (χ0n) is 10.5. The van der Waals surface area contributed by atoms with Gasteiger partial charge < -0.3 is 14.6 Å². The molecule has 94 valence electrons. The van der Waals surface area contributed by atoms with Gasteiger partial charge in [0.1, 0.15) is 5.76 Å². The van der Waals surface area contributed by atoms with E-state index in [1.807, 2.05) is 19.1 Å². The lowest BCUT2D eigenvalue weighted by atomic mass is 9.90. The largest absolute Gasteiger partial charge is 0.508 e. The zero-order valence-corrected chi connectivity index (χ0v) is 10.5. The van der Waals surface area contributed by atoms with Crippen molar-refractivity contribution in [3.05, 3.63) is 48.2 Å². The summed E-state index contributed by atoms with van der Waals surface area (Å²) in [5.41, 5.74) is 0.939. The molecule has 1 rings (SSSR count). The number of methoxy groups -OCH3 is 1. The first kappa shape index (κ1) is 13.6. The lowest BCUT2D eigenvalue weighted by Gasteiger charge is -2.20. The summed E-state index contributed by atoms with van der Waals surface area (Å²) in [6.45, 7) is 5.96. The number of aliphatic hydroxyl groups is 1. The number of aliphatic hydroxyl groups excluding tert-OH is 1. The molecule has 1 unspecified atom stereocenters. The number of allylic oxidation sites excluding steroid dienone is 4. The monoisotopic (exact) mass is 236 g/mol. The van der Waals surface area contributed by atoms with E-state index >= 15 is 0 Å². The Bertz CT molecular complexity index is 350. The average molecular weight is 236 g/mol. The smallest absolute Gasteiger partial charge is 0.116 e. The Labute approximate surface area is 103 Å². The summed E-state index contributed by atoms with van der Waals surface area (Å²) < 4.78 is 10.4. The Morgan fingerprint density at radius 2 is 2.41 bits per heavy atom. The Morgan fingerprint density at radius 1 is 1.65 bits per heavy atom. The van der Waals surface area contributed by atoms with Gasteiger partial charge in [0.2, 0.25) is 0 Å². The van der Waals surface area contributed by atoms with E-state index in [0.29, 0.717) is 18.3 Å². The van der Waals surface area contributed by atoms with Crippen molar-refractivity contribution in [1.82, 2.24) is 0 Å². The summed E-state index contributed by atoms with van der Waals surface area (Å²) in [6, 6.07) is 0. The average Bonchev–Trinajstić information content (AvgIpc) is 2.33. The highest BCUT2D eigenvalue weighted by molar-refractivity contribution is 5.26. The molecule has 0 radical (unpaired) electrons. The van der Waals surface area contributed by atoms with Crippen LogP contribution in [0.4, 0.5) is 0 Å². The van der Waals surface area contributed by atoms with Gasteiger partial charge in [-0.15, -0.1) is 0 Å². The molecule has 0 aromatic rings. The van der Waals surface area contributed by atoms with Crippen LogP contribution in [0.1, 0.15) is 19.8 Å². The van der Waals surface area contributed by atoms with E-state index in [0.717, 1.165) is 24.2 Å². The standard InChI is InChI=1S/C14H20O3/c1-4-13(17-5-2)9-11-6-7-14(15)12(8-11)10-16-3/h4-7,11,15H,2,8-10H2,1,3H3/b13-4-. The molecule has 0 heterocycles. The van der Waals surface area contributed by atoms with Crippen molar-refractivity contribution in [2.45, 2.75) is 19.8 Å². The molecule has 0 fully saturated rings. The molecule has 1 aliphatic rings. The molecule has 0 spiro atoms. The van der Waals surface area contributed by atoms with Gasteiger partial charge in [-0.3, -0.25) is 0 Å². The van der Waals surface area contributed by atoms with Crippen LogP contribution in [0.3, 0.4) is 0 Å². The van der Waals surface area contributed by atoms with Crippen molar-refractivity contribution >= 4 is 0 Å². The fourth-order valence-electron chi connectivity index (χ4n) is 1.88. The van der Waals surface area contributed by atoms with Gasteiger partial charge in [0.05, 0.1) is 18.6 Å². The fraction of sp³-hybridized carbons (Fsp3) is 0.429. The van der Waals surface area contributed by atoms with Crippen molar-refractivity contribution in [2.24, 2.45) is 5.92 Å². The van der Waals surface area contributed by atoms with Crippen molar-refractivity contribution in [1.29, 1.82) is 0 Å². The Balaban J connectivity index is 2.60. The highest BCUT2D eigenvalue weighted by Gasteiger charge is 2.17. The second-order valence-electron chi connectivity index (χ2n) is 3.99. The van der Waals surface area contributed by atoms with Gasteiger partial charge in [-0.1, -0.05) is 12.7 Å². The predicted octanol–water partition coefficient (Wildman–Crippen LogP) is 3.48. The molecule has 1 atom stereocenters. The molecule has 1 aliphatic carbocycles. The molecule has 0 amide bonds. The first-order chi connectivity index (χ1) is 8.21. The second-order valence-corrected chi connectivity index (χ2v) is 3.99. The fourth-order valence-corrected chi connectivity index (χ4v) is 1.88. The first-order valence-electron chi connectivity index (χ1n) is 5.72. The summed E-state index contributed by atoms with van der Waals surface area (Å²) in [6.07, 6.45) is 8.72. The van der Waals surface area contributed by atoms with E-state index in [9.17, 15) is 5.11 Å². The van der Waals surface area contributed by atoms with Crippen molar-refractivity contribution in [3.63, 3.8) is 0 Å². The normalized spacial score (nSPS) is 20.6. The Kier molecular flexibility index (Phi) is 5.57. The van der Waals surface area contributed by atoms with Gasteiger partial charge in [0, 0.05) is 13.5 Å². The van der Waals surface area contributed by atoms with Gasteiger partial charge in [0.25, 0.3) is 0 Å². The highest BCUT2D eigenvalue weighted by Crippen LogP contribution is 2.27. The minimum atomic E-state index is 0.328. The van der Waals surface area contributed by atoms with E-state index in [4.69, 9.17) is 9.47 Å². The quantitative estimate of drug-likeness (QED) is 0.718. The maximum absolute atomic E-state index is 9.66. The van der Waals surface area contributed by atoms with Crippen LogP contribution in [0.5, 0.6) is 0 Å². The molecule has 0 saturated carbocycles. The van der Waals surface area contributed by atoms with E-state index in [1.165, 1.54) is 6.26 Å². The first-order valence-corrected chi connectivity index (χ1v) is 5.72. The van der Waals surface area contributed by atoms with Crippen LogP contribution < -0.4 is 0 Å². The summed E-state index contributed by atoms with van der Waals surface area (Å²) in [7, 11) is 1.63. The molecule has 0 bridgehead atoms. The van der Waals surface area contributed by atoms with Crippen LogP contribution >= 0.6 is 0 Å². The molecule has 17 heavy (non-hydrogen) atoms. The topological polar surface area (TPSA) is 38.7 Å². The van der Waals surface area contributed by atoms with E-state index in [2.05, 4.69) is 6.58 Å². The maximum Gasteiger partial charge on any atom is 0.116 e. The van der Waals surface area contributed by atoms with Crippen molar-refractivity contribution in [3.8, 4) is 0 Å². The van der Waals surface area contributed by atoms with E-state index in [1.54, 1.807) is 13.2 Å². The highest BCUT2D eigenvalue weighted by atomic mass is 16.5. The molecule has 0 saturated heterocycles. The Hall–Kier alpha value is -1.48. The minimum Gasteiger partial charge on any atom is -0.508 e. The number of hydrogen-bond donors (Lipinski definition) is 1. The number of ether oxygens (including phenoxy) is 2. The minimum absolute atomic E-state index is 0.328. The second kappa shape index (κ2) is 6.97. The van der Waals surface area contributed by atoms with Crippen molar-refractivity contribution < 1.29 is 14.6 Å². The summed E-state index contributed by atoms with van der Waals surface area (Å²) in [5, 5.41) is 9.66. The summed E-state index contributed by atoms with van der Waals surface area (Å²) >= 11 is 0. The van der Waals surface area contributed by atoms with E-state index in [-0.39, 0.29) is 0 Å². The molecule has 1 N–H and O–H groups in total. The lowest BCUT2D eigenvalue weighted by Crippen LogP contribution is -2.10. The van der Waals surface area contributed by atoms with Crippen LogP contribution in [-0.2, 0) is 9.47 Å². The Morgan fingerprint density at radius 3 is 3.00 bits per heavy atom. The van der Waals surface area contributed by atoms with Crippen molar-refractivity contribution in [2.75, 3.05) is 13.7 Å². The SMILES string of the molecule is C=CO/C(=C\C)CC1C=CC(O)=C(COC)C1. The third kappa shape index (κ3) is 4.11. The molecule has 0 aromatic heterocycles. The molecule has 0 aromatic carbocycles. The van der Waals surface area contributed by atoms with Crippen LogP contribution in [-0.4, -0.2) is 18.8 Å². The predicted molar refractivity (Wildman–Crippen MR) is 68.4 cm³/mol. The molecule has 3 heteroatoms. The van der Waals surface area contributed by atoms with Crippen LogP contribution in [0.25, 0.3) is 0 Å².